The van der Waals surface area contributed by atoms with Crippen molar-refractivity contribution in [1.29, 1.82) is 0 Å². The fraction of sp³-hybridized carbons (Fsp3) is 0.200. The van der Waals surface area contributed by atoms with Crippen molar-refractivity contribution in [3.05, 3.63) is 65.9 Å². The van der Waals surface area contributed by atoms with Gasteiger partial charge in [-0.15, -0.1) is 0 Å². The van der Waals surface area contributed by atoms with E-state index in [0.29, 0.717) is 18.5 Å². The maximum atomic E-state index is 12.5. The van der Waals surface area contributed by atoms with Gasteiger partial charge in [0.15, 0.2) is 0 Å². The van der Waals surface area contributed by atoms with Crippen LogP contribution in [-0.2, 0) is 6.42 Å². The molecule has 0 saturated carbocycles. The number of carbonyl (C=O) groups excluding carboxylic acids is 2. The molecule has 1 heterocycles. The fourth-order valence-electron chi connectivity index (χ4n) is 2.67. The number of nitrogens with one attached hydrogen (secondary N) is 2. The molecule has 6 heteroatoms. The predicted molar refractivity (Wildman–Crippen MR) is 100 cm³/mol. The van der Waals surface area contributed by atoms with Crippen LogP contribution in [0.15, 0.2) is 54.7 Å². The Hall–Kier alpha value is -3.28. The van der Waals surface area contributed by atoms with E-state index in [1.165, 1.54) is 4.90 Å². The molecule has 0 bridgehead atoms. The van der Waals surface area contributed by atoms with Crippen molar-refractivity contribution in [3.8, 4) is 5.75 Å². The van der Waals surface area contributed by atoms with Gasteiger partial charge in [-0.25, -0.2) is 4.79 Å². The first kappa shape index (κ1) is 17.5. The maximum absolute atomic E-state index is 12.5. The van der Waals surface area contributed by atoms with E-state index in [9.17, 15) is 9.59 Å². The molecule has 0 atom stereocenters. The number of nitrogens with zero attached hydrogens (tertiary/aromatic N) is 1. The van der Waals surface area contributed by atoms with Crippen LogP contribution in [0, 0.1) is 0 Å². The third-order valence-corrected chi connectivity index (χ3v) is 4.05. The van der Waals surface area contributed by atoms with Gasteiger partial charge in [-0.2, -0.15) is 0 Å². The minimum Gasteiger partial charge on any atom is -0.409 e. The molecule has 3 rings (SSSR count). The lowest BCUT2D eigenvalue weighted by Crippen LogP contribution is -2.29. The monoisotopic (exact) mass is 351 g/mol. The molecule has 1 aromatic heterocycles. The predicted octanol–water partition coefficient (Wildman–Crippen LogP) is 3.20. The number of hydrogen-bond acceptors (Lipinski definition) is 3. The third-order valence-electron chi connectivity index (χ3n) is 4.05. The normalized spacial score (nSPS) is 10.5. The standard InChI is InChI=1S/C20H21N3O3/c1-23(2)20(25)26-18-10-6-4-8-16(18)19(24)21-12-11-14-13-22-17-9-5-3-7-15(14)17/h3-10,13,22H,11-12H2,1-2H3,(H,21,24). The minimum absolute atomic E-state index is 0.246. The molecule has 0 aliphatic carbocycles. The first-order chi connectivity index (χ1) is 12.6. The molecule has 2 aromatic carbocycles. The third kappa shape index (κ3) is 3.85. The van der Waals surface area contributed by atoms with Gasteiger partial charge in [0, 0.05) is 37.7 Å². The average Bonchev–Trinajstić information content (AvgIpc) is 3.05. The molecule has 0 radical (unpaired) electrons. The van der Waals surface area contributed by atoms with Gasteiger partial charge in [0.1, 0.15) is 5.75 Å². The number of fused-ring (bicyclic) bond motifs is 1. The summed E-state index contributed by atoms with van der Waals surface area (Å²) < 4.78 is 5.26. The number of ether oxygens (including phenoxy) is 1. The molecular formula is C20H21N3O3. The summed E-state index contributed by atoms with van der Waals surface area (Å²) in [5, 5.41) is 4.04. The highest BCUT2D eigenvalue weighted by Crippen LogP contribution is 2.20. The van der Waals surface area contributed by atoms with Gasteiger partial charge in [0.2, 0.25) is 0 Å². The van der Waals surface area contributed by atoms with Gasteiger partial charge in [0.05, 0.1) is 5.56 Å². The van der Waals surface area contributed by atoms with Crippen LogP contribution in [-0.4, -0.2) is 42.5 Å². The zero-order valence-corrected chi connectivity index (χ0v) is 14.8. The Morgan fingerprint density at radius 3 is 2.62 bits per heavy atom. The molecule has 134 valence electrons. The maximum Gasteiger partial charge on any atom is 0.414 e. The van der Waals surface area contributed by atoms with E-state index in [1.54, 1.807) is 38.4 Å². The molecule has 0 fully saturated rings. The van der Waals surface area contributed by atoms with E-state index in [1.807, 2.05) is 24.4 Å². The Labute approximate surface area is 151 Å². The second-order valence-electron chi connectivity index (χ2n) is 6.12. The SMILES string of the molecule is CN(C)C(=O)Oc1ccccc1C(=O)NCCc1c[nH]c2ccccc12. The van der Waals surface area contributed by atoms with Gasteiger partial charge in [-0.1, -0.05) is 30.3 Å². The lowest BCUT2D eigenvalue weighted by Gasteiger charge is -2.13. The Morgan fingerprint density at radius 2 is 1.81 bits per heavy atom. The Morgan fingerprint density at radius 1 is 1.08 bits per heavy atom. The highest BCUT2D eigenvalue weighted by molar-refractivity contribution is 5.97. The van der Waals surface area contributed by atoms with Crippen molar-refractivity contribution in [2.24, 2.45) is 0 Å². The number of carbonyl (C=O) groups is 2. The smallest absolute Gasteiger partial charge is 0.409 e. The number of hydrogen-bond donors (Lipinski definition) is 2. The molecule has 0 aliphatic heterocycles. The van der Waals surface area contributed by atoms with Crippen LogP contribution in [0.3, 0.4) is 0 Å². The summed E-state index contributed by atoms with van der Waals surface area (Å²) in [5.41, 5.74) is 2.56. The molecule has 6 nitrogen and oxygen atoms in total. The number of amides is 2. The van der Waals surface area contributed by atoms with Gasteiger partial charge in [-0.05, 0) is 30.2 Å². The quantitative estimate of drug-likeness (QED) is 0.741. The summed E-state index contributed by atoms with van der Waals surface area (Å²) in [6.07, 6.45) is 2.14. The zero-order chi connectivity index (χ0) is 18.5. The topological polar surface area (TPSA) is 74.4 Å². The van der Waals surface area contributed by atoms with Gasteiger partial charge in [0.25, 0.3) is 5.91 Å². The van der Waals surface area contributed by atoms with E-state index in [-0.39, 0.29) is 11.7 Å². The van der Waals surface area contributed by atoms with Crippen LogP contribution in [0.1, 0.15) is 15.9 Å². The molecule has 3 aromatic rings. The Balaban J connectivity index is 1.64. The molecule has 0 aliphatic rings. The molecule has 2 amide bonds. The van der Waals surface area contributed by atoms with Crippen molar-refractivity contribution < 1.29 is 14.3 Å². The highest BCUT2D eigenvalue weighted by Gasteiger charge is 2.15. The van der Waals surface area contributed by atoms with Crippen molar-refractivity contribution in [3.63, 3.8) is 0 Å². The van der Waals surface area contributed by atoms with Crippen LogP contribution in [0.25, 0.3) is 10.9 Å². The molecule has 26 heavy (non-hydrogen) atoms. The number of aromatic nitrogens is 1. The summed E-state index contributed by atoms with van der Waals surface area (Å²) in [6, 6.07) is 14.8. The minimum atomic E-state index is -0.524. The lowest BCUT2D eigenvalue weighted by molar-refractivity contribution is 0.0951. The lowest BCUT2D eigenvalue weighted by atomic mass is 10.1. The van der Waals surface area contributed by atoms with Crippen LogP contribution < -0.4 is 10.1 Å². The van der Waals surface area contributed by atoms with E-state index >= 15 is 0 Å². The number of rotatable bonds is 5. The van der Waals surface area contributed by atoms with Gasteiger partial charge < -0.3 is 19.9 Å². The second kappa shape index (κ2) is 7.74. The van der Waals surface area contributed by atoms with E-state index in [4.69, 9.17) is 4.74 Å². The number of para-hydroxylation sites is 2. The summed E-state index contributed by atoms with van der Waals surface area (Å²) in [5.74, 6) is -0.0252. The molecule has 2 N–H and O–H groups in total. The van der Waals surface area contributed by atoms with Crippen LogP contribution in [0.2, 0.25) is 0 Å². The first-order valence-corrected chi connectivity index (χ1v) is 8.37. The van der Waals surface area contributed by atoms with Crippen molar-refractivity contribution in [1.82, 2.24) is 15.2 Å². The number of H-pyrrole nitrogens is 1. The van der Waals surface area contributed by atoms with E-state index < -0.39 is 6.09 Å². The molecular weight excluding hydrogens is 330 g/mol. The van der Waals surface area contributed by atoms with Crippen LogP contribution in [0.4, 0.5) is 4.79 Å². The highest BCUT2D eigenvalue weighted by atomic mass is 16.6. The fourth-order valence-corrected chi connectivity index (χ4v) is 2.67. The first-order valence-electron chi connectivity index (χ1n) is 8.37. The van der Waals surface area contributed by atoms with Crippen molar-refractivity contribution in [2.75, 3.05) is 20.6 Å². The number of benzene rings is 2. The van der Waals surface area contributed by atoms with Gasteiger partial charge >= 0.3 is 6.09 Å². The summed E-state index contributed by atoms with van der Waals surface area (Å²) in [6.45, 7) is 0.483. The van der Waals surface area contributed by atoms with Crippen molar-refractivity contribution in [2.45, 2.75) is 6.42 Å². The van der Waals surface area contributed by atoms with E-state index in [0.717, 1.165) is 16.5 Å². The zero-order valence-electron chi connectivity index (χ0n) is 14.8. The van der Waals surface area contributed by atoms with Gasteiger partial charge in [-0.3, -0.25) is 4.79 Å². The second-order valence-corrected chi connectivity index (χ2v) is 6.12. The summed E-state index contributed by atoms with van der Waals surface area (Å²) in [4.78, 5) is 28.8. The summed E-state index contributed by atoms with van der Waals surface area (Å²) >= 11 is 0. The molecule has 0 unspecified atom stereocenters. The number of aromatic amines is 1. The summed E-state index contributed by atoms with van der Waals surface area (Å²) in [7, 11) is 3.18. The van der Waals surface area contributed by atoms with E-state index in [2.05, 4.69) is 16.4 Å². The Kier molecular flexibility index (Phi) is 5.22. The van der Waals surface area contributed by atoms with Crippen LogP contribution >= 0.6 is 0 Å². The van der Waals surface area contributed by atoms with Crippen LogP contribution in [0.5, 0.6) is 5.75 Å². The largest absolute Gasteiger partial charge is 0.414 e. The average molecular weight is 351 g/mol. The molecule has 0 spiro atoms. The Bertz CT molecular complexity index is 931. The molecule has 0 saturated heterocycles. The van der Waals surface area contributed by atoms with Crippen molar-refractivity contribution >= 4 is 22.9 Å².